The summed E-state index contributed by atoms with van der Waals surface area (Å²) < 4.78 is 22.2. The lowest BCUT2D eigenvalue weighted by molar-refractivity contribution is -0.156. The normalized spacial score (nSPS) is 13.7. The highest BCUT2D eigenvalue weighted by Crippen LogP contribution is 2.45. The Morgan fingerprint density at radius 1 is 0.788 bits per heavy atom. The fraction of sp³-hybridized carbons (Fsp3) is 0.333. The summed E-state index contributed by atoms with van der Waals surface area (Å²) in [5.41, 5.74) is 1.49. The maximum atomic E-state index is 11.5. The van der Waals surface area contributed by atoms with E-state index in [9.17, 15) is 9.59 Å². The summed E-state index contributed by atoms with van der Waals surface area (Å²) in [4.78, 5) is 23.0. The lowest BCUT2D eigenvalue weighted by Crippen LogP contribution is -2.28. The van der Waals surface area contributed by atoms with Crippen LogP contribution in [0.3, 0.4) is 0 Å². The molecule has 6 heteroatoms. The van der Waals surface area contributed by atoms with Crippen molar-refractivity contribution in [3.8, 4) is 11.5 Å². The van der Waals surface area contributed by atoms with E-state index < -0.39 is 29.9 Å². The number of benzene rings is 2. The fourth-order valence-corrected chi connectivity index (χ4v) is 3.50. The topological polar surface area (TPSA) is 71.1 Å². The molecule has 0 heterocycles. The van der Waals surface area contributed by atoms with Crippen molar-refractivity contribution in [2.75, 3.05) is 0 Å². The Morgan fingerprint density at radius 2 is 1.24 bits per heavy atom. The van der Waals surface area contributed by atoms with E-state index in [1.54, 1.807) is 13.8 Å². The third-order valence-corrected chi connectivity index (χ3v) is 5.53. The fourth-order valence-electron chi connectivity index (χ4n) is 3.50. The molecule has 3 atom stereocenters. The SMILES string of the molecule is C=CC(=O)OC(C)Oc1ccccc1C(C)C(C)(C)c1ccccc1OC(C)OC(=O)C=C. The predicted molar refractivity (Wildman–Crippen MR) is 127 cm³/mol. The maximum absolute atomic E-state index is 11.5. The predicted octanol–water partition coefficient (Wildman–Crippen LogP) is 5.68. The van der Waals surface area contributed by atoms with Gasteiger partial charge in [-0.05, 0) is 23.6 Å². The highest BCUT2D eigenvalue weighted by Gasteiger charge is 2.34. The zero-order chi connectivity index (χ0) is 24.6. The smallest absolute Gasteiger partial charge is 0.333 e. The zero-order valence-electron chi connectivity index (χ0n) is 19.9. The minimum absolute atomic E-state index is 0.0215. The van der Waals surface area contributed by atoms with Gasteiger partial charge in [-0.25, -0.2) is 9.59 Å². The first-order valence-electron chi connectivity index (χ1n) is 10.8. The average Bonchev–Trinajstić information content (AvgIpc) is 2.78. The van der Waals surface area contributed by atoms with E-state index >= 15 is 0 Å². The molecule has 3 unspecified atom stereocenters. The molecule has 176 valence electrons. The second-order valence-electron chi connectivity index (χ2n) is 8.13. The molecule has 2 aromatic carbocycles. The van der Waals surface area contributed by atoms with Gasteiger partial charge in [0, 0.05) is 37.0 Å². The standard InChI is InChI=1S/C27H32O6/c1-8-25(28)32-19(4)30-23-16-12-10-14-21(23)18(3)27(6,7)22-15-11-13-17-24(22)31-20(5)33-26(29)9-2/h8-20H,1-2H2,3-7H3. The van der Waals surface area contributed by atoms with Crippen molar-refractivity contribution in [1.29, 1.82) is 0 Å². The number of carbonyl (C=O) groups excluding carboxylic acids is 2. The van der Waals surface area contributed by atoms with Crippen molar-refractivity contribution in [3.05, 3.63) is 85.0 Å². The molecule has 0 fully saturated rings. The van der Waals surface area contributed by atoms with Crippen LogP contribution in [-0.4, -0.2) is 24.5 Å². The van der Waals surface area contributed by atoms with Gasteiger partial charge in [-0.3, -0.25) is 0 Å². The Labute approximate surface area is 195 Å². The van der Waals surface area contributed by atoms with Crippen LogP contribution in [0.25, 0.3) is 0 Å². The largest absolute Gasteiger partial charge is 0.455 e. The summed E-state index contributed by atoms with van der Waals surface area (Å²) in [5.74, 6) is 0.113. The summed E-state index contributed by atoms with van der Waals surface area (Å²) in [6.07, 6.45) is 0.644. The molecule has 0 aliphatic heterocycles. The first-order valence-corrected chi connectivity index (χ1v) is 10.8. The summed E-state index contributed by atoms with van der Waals surface area (Å²) in [6.45, 7) is 16.4. The molecule has 0 saturated carbocycles. The van der Waals surface area contributed by atoms with Gasteiger partial charge in [-0.2, -0.15) is 0 Å². The summed E-state index contributed by atoms with van der Waals surface area (Å²) in [5, 5.41) is 0. The number of carbonyl (C=O) groups is 2. The van der Waals surface area contributed by atoms with E-state index in [-0.39, 0.29) is 5.92 Å². The van der Waals surface area contributed by atoms with Crippen LogP contribution in [0.15, 0.2) is 73.8 Å². The second kappa shape index (κ2) is 11.4. The lowest BCUT2D eigenvalue weighted by atomic mass is 9.71. The maximum Gasteiger partial charge on any atom is 0.333 e. The molecular formula is C27H32O6. The van der Waals surface area contributed by atoms with Crippen LogP contribution < -0.4 is 9.47 Å². The molecule has 0 saturated heterocycles. The van der Waals surface area contributed by atoms with Gasteiger partial charge in [-0.1, -0.05) is 70.3 Å². The van der Waals surface area contributed by atoms with Gasteiger partial charge in [0.1, 0.15) is 11.5 Å². The molecule has 0 spiro atoms. The Bertz CT molecular complexity index is 994. The minimum Gasteiger partial charge on any atom is -0.455 e. The third kappa shape index (κ3) is 6.72. The molecule has 2 rings (SSSR count). The number of hydrogen-bond acceptors (Lipinski definition) is 6. The first kappa shape index (κ1) is 25.7. The highest BCUT2D eigenvalue weighted by molar-refractivity contribution is 5.81. The van der Waals surface area contributed by atoms with Gasteiger partial charge in [-0.15, -0.1) is 0 Å². The molecule has 6 nitrogen and oxygen atoms in total. The van der Waals surface area contributed by atoms with Gasteiger partial charge in [0.2, 0.25) is 12.6 Å². The minimum atomic E-state index is -0.779. The quantitative estimate of drug-likeness (QED) is 0.248. The van der Waals surface area contributed by atoms with E-state index in [0.29, 0.717) is 11.5 Å². The zero-order valence-corrected chi connectivity index (χ0v) is 19.9. The van der Waals surface area contributed by atoms with Crippen LogP contribution in [0.5, 0.6) is 11.5 Å². The summed E-state index contributed by atoms with van der Waals surface area (Å²) in [7, 11) is 0. The van der Waals surface area contributed by atoms with Crippen molar-refractivity contribution < 1.29 is 28.5 Å². The molecule has 0 bridgehead atoms. The summed E-state index contributed by atoms with van der Waals surface area (Å²) >= 11 is 0. The summed E-state index contributed by atoms with van der Waals surface area (Å²) in [6, 6.07) is 15.3. The molecule has 33 heavy (non-hydrogen) atoms. The van der Waals surface area contributed by atoms with Crippen molar-refractivity contribution in [2.45, 2.75) is 58.5 Å². The Kier molecular flexibility index (Phi) is 8.85. The van der Waals surface area contributed by atoms with Crippen LogP contribution in [0, 0.1) is 0 Å². The van der Waals surface area contributed by atoms with Crippen LogP contribution in [-0.2, 0) is 24.5 Å². The number of ether oxygens (including phenoxy) is 4. The molecular weight excluding hydrogens is 420 g/mol. The van der Waals surface area contributed by atoms with Crippen LogP contribution in [0.2, 0.25) is 0 Å². The van der Waals surface area contributed by atoms with Gasteiger partial charge in [0.15, 0.2) is 0 Å². The number of rotatable bonds is 11. The lowest BCUT2D eigenvalue weighted by Gasteiger charge is -2.35. The second-order valence-corrected chi connectivity index (χ2v) is 8.13. The van der Waals surface area contributed by atoms with Crippen molar-refractivity contribution in [1.82, 2.24) is 0 Å². The van der Waals surface area contributed by atoms with Gasteiger partial charge in [0.25, 0.3) is 0 Å². The van der Waals surface area contributed by atoms with E-state index in [0.717, 1.165) is 23.3 Å². The molecule has 0 N–H and O–H groups in total. The van der Waals surface area contributed by atoms with Gasteiger partial charge in [0.05, 0.1) is 0 Å². The van der Waals surface area contributed by atoms with Gasteiger partial charge < -0.3 is 18.9 Å². The average molecular weight is 453 g/mol. The number of esters is 2. The molecule has 0 aliphatic carbocycles. The number of hydrogen-bond donors (Lipinski definition) is 0. The first-order chi connectivity index (χ1) is 15.6. The highest BCUT2D eigenvalue weighted by atomic mass is 16.7. The van der Waals surface area contributed by atoms with E-state index in [1.807, 2.05) is 48.5 Å². The van der Waals surface area contributed by atoms with Crippen LogP contribution >= 0.6 is 0 Å². The third-order valence-electron chi connectivity index (χ3n) is 5.53. The van der Waals surface area contributed by atoms with Crippen LogP contribution in [0.1, 0.15) is 51.7 Å². The molecule has 0 radical (unpaired) electrons. The van der Waals surface area contributed by atoms with E-state index in [4.69, 9.17) is 18.9 Å². The monoisotopic (exact) mass is 452 g/mol. The Hall–Kier alpha value is -3.54. The van der Waals surface area contributed by atoms with Crippen LogP contribution in [0.4, 0.5) is 0 Å². The van der Waals surface area contributed by atoms with Crippen molar-refractivity contribution in [3.63, 3.8) is 0 Å². The van der Waals surface area contributed by atoms with E-state index in [2.05, 4.69) is 33.9 Å². The molecule has 0 amide bonds. The van der Waals surface area contributed by atoms with Crippen molar-refractivity contribution >= 4 is 11.9 Å². The van der Waals surface area contributed by atoms with Gasteiger partial charge >= 0.3 is 11.9 Å². The van der Waals surface area contributed by atoms with E-state index in [1.165, 1.54) is 0 Å². The Balaban J connectivity index is 2.33. The molecule has 0 aromatic heterocycles. The Morgan fingerprint density at radius 3 is 1.79 bits per heavy atom. The number of para-hydroxylation sites is 2. The van der Waals surface area contributed by atoms with Crippen molar-refractivity contribution in [2.24, 2.45) is 0 Å². The molecule has 2 aromatic rings. The molecule has 0 aliphatic rings.